The van der Waals surface area contributed by atoms with Gasteiger partial charge in [0.15, 0.2) is 0 Å². The number of pyridine rings is 1. The molecule has 2 rings (SSSR count). The quantitative estimate of drug-likeness (QED) is 0.939. The van der Waals surface area contributed by atoms with Crippen LogP contribution in [0, 0.1) is 0 Å². The molecule has 0 fully saturated rings. The van der Waals surface area contributed by atoms with E-state index < -0.39 is 0 Å². The van der Waals surface area contributed by atoms with Crippen LogP contribution in [0.25, 0.3) is 0 Å². The molecule has 0 bridgehead atoms. The van der Waals surface area contributed by atoms with Crippen molar-refractivity contribution in [3.05, 3.63) is 38.9 Å². The summed E-state index contributed by atoms with van der Waals surface area (Å²) < 4.78 is 0.990. The highest BCUT2D eigenvalue weighted by Crippen LogP contribution is 2.15. The van der Waals surface area contributed by atoms with Crippen molar-refractivity contribution in [2.45, 2.75) is 19.9 Å². The summed E-state index contributed by atoms with van der Waals surface area (Å²) in [6.45, 7) is 2.90. The number of thiazole rings is 1. The van der Waals surface area contributed by atoms with Crippen molar-refractivity contribution in [2.75, 3.05) is 5.32 Å². The van der Waals surface area contributed by atoms with Crippen LogP contribution in [-0.2, 0) is 13.0 Å². The maximum absolute atomic E-state index is 4.31. The Morgan fingerprint density at radius 1 is 1.31 bits per heavy atom. The molecule has 0 atom stereocenters. The smallest absolute Gasteiger partial charge is 0.126 e. The van der Waals surface area contributed by atoms with E-state index in [0.717, 1.165) is 23.3 Å². The van der Waals surface area contributed by atoms with Crippen LogP contribution < -0.4 is 5.32 Å². The van der Waals surface area contributed by atoms with Crippen LogP contribution in [0.3, 0.4) is 0 Å². The average molecular weight is 298 g/mol. The second-order valence-electron chi connectivity index (χ2n) is 3.29. The van der Waals surface area contributed by atoms with Crippen molar-refractivity contribution in [1.82, 2.24) is 9.97 Å². The van der Waals surface area contributed by atoms with Gasteiger partial charge in [-0.1, -0.05) is 6.92 Å². The molecule has 0 aliphatic carbocycles. The summed E-state index contributed by atoms with van der Waals surface area (Å²) in [5, 5.41) is 4.45. The number of nitrogens with one attached hydrogen (secondary N) is 1. The second-order valence-corrected chi connectivity index (χ2v) is 5.40. The van der Waals surface area contributed by atoms with Crippen LogP contribution in [0.5, 0.6) is 0 Å². The molecule has 16 heavy (non-hydrogen) atoms. The third-order valence-electron chi connectivity index (χ3n) is 2.08. The van der Waals surface area contributed by atoms with Crippen LogP contribution in [-0.4, -0.2) is 9.97 Å². The summed E-state index contributed by atoms with van der Waals surface area (Å²) in [7, 11) is 0. The summed E-state index contributed by atoms with van der Waals surface area (Å²) >= 11 is 5.10. The molecule has 2 aromatic rings. The minimum Gasteiger partial charge on any atom is -0.365 e. The Hall–Kier alpha value is -0.940. The zero-order chi connectivity index (χ0) is 11.4. The fourth-order valence-corrected chi connectivity index (χ4v) is 2.29. The Labute approximate surface area is 107 Å². The molecule has 0 saturated heterocycles. The minimum atomic E-state index is 0.784. The number of hydrogen-bond donors (Lipinski definition) is 1. The Bertz CT molecular complexity index is 453. The zero-order valence-electron chi connectivity index (χ0n) is 8.90. The van der Waals surface area contributed by atoms with Gasteiger partial charge in [-0.15, -0.1) is 11.3 Å². The van der Waals surface area contributed by atoms with E-state index >= 15 is 0 Å². The zero-order valence-corrected chi connectivity index (χ0v) is 11.3. The van der Waals surface area contributed by atoms with Gasteiger partial charge in [-0.25, -0.2) is 9.97 Å². The number of anilines is 1. The van der Waals surface area contributed by atoms with E-state index in [1.165, 1.54) is 9.88 Å². The standard InChI is InChI=1S/C11H12BrN3S/c1-2-11-15-7-9(16-11)6-14-10-4-3-8(12)5-13-10/h3-5,7H,2,6H2,1H3,(H,13,14). The van der Waals surface area contributed by atoms with Gasteiger partial charge < -0.3 is 5.32 Å². The van der Waals surface area contributed by atoms with Crippen LogP contribution in [0.4, 0.5) is 5.82 Å². The lowest BCUT2D eigenvalue weighted by molar-refractivity contribution is 1.08. The predicted octanol–water partition coefficient (Wildman–Crippen LogP) is 3.48. The van der Waals surface area contributed by atoms with Gasteiger partial charge in [0.25, 0.3) is 0 Å². The maximum atomic E-state index is 4.31. The fourth-order valence-electron chi connectivity index (χ4n) is 1.25. The largest absolute Gasteiger partial charge is 0.365 e. The molecule has 5 heteroatoms. The summed E-state index contributed by atoms with van der Waals surface area (Å²) in [5.41, 5.74) is 0. The molecule has 0 amide bonds. The summed E-state index contributed by atoms with van der Waals surface area (Å²) in [6, 6.07) is 3.92. The highest BCUT2D eigenvalue weighted by atomic mass is 79.9. The first-order valence-corrected chi connectivity index (χ1v) is 6.68. The lowest BCUT2D eigenvalue weighted by Gasteiger charge is -2.02. The molecule has 1 N–H and O–H groups in total. The van der Waals surface area contributed by atoms with E-state index in [-0.39, 0.29) is 0 Å². The molecule has 2 aromatic heterocycles. The third-order valence-corrected chi connectivity index (χ3v) is 3.69. The number of hydrogen-bond acceptors (Lipinski definition) is 4. The number of aryl methyl sites for hydroxylation is 1. The van der Waals surface area contributed by atoms with E-state index in [1.807, 2.05) is 18.3 Å². The first kappa shape index (κ1) is 11.5. The Morgan fingerprint density at radius 3 is 2.81 bits per heavy atom. The van der Waals surface area contributed by atoms with Crippen molar-refractivity contribution in [3.63, 3.8) is 0 Å². The van der Waals surface area contributed by atoms with Gasteiger partial charge in [-0.3, -0.25) is 0 Å². The van der Waals surface area contributed by atoms with E-state index in [1.54, 1.807) is 17.5 Å². The molecule has 84 valence electrons. The number of aromatic nitrogens is 2. The van der Waals surface area contributed by atoms with Crippen LogP contribution in [0.1, 0.15) is 16.8 Å². The van der Waals surface area contributed by atoms with Gasteiger partial charge in [0, 0.05) is 21.7 Å². The second kappa shape index (κ2) is 5.41. The molecule has 2 heterocycles. The lowest BCUT2D eigenvalue weighted by atomic mass is 10.4. The lowest BCUT2D eigenvalue weighted by Crippen LogP contribution is -1.98. The van der Waals surface area contributed by atoms with Crippen LogP contribution in [0.15, 0.2) is 29.0 Å². The van der Waals surface area contributed by atoms with Crippen molar-refractivity contribution >= 4 is 33.1 Å². The van der Waals surface area contributed by atoms with Gasteiger partial charge in [0.1, 0.15) is 5.82 Å². The monoisotopic (exact) mass is 297 g/mol. The number of nitrogens with zero attached hydrogens (tertiary/aromatic N) is 2. The molecular weight excluding hydrogens is 286 g/mol. The molecule has 0 radical (unpaired) electrons. The molecule has 0 saturated carbocycles. The van der Waals surface area contributed by atoms with Gasteiger partial charge >= 0.3 is 0 Å². The Kier molecular flexibility index (Phi) is 3.90. The van der Waals surface area contributed by atoms with E-state index in [2.05, 4.69) is 38.1 Å². The van der Waals surface area contributed by atoms with E-state index in [9.17, 15) is 0 Å². The van der Waals surface area contributed by atoms with Gasteiger partial charge in [0.05, 0.1) is 11.6 Å². The average Bonchev–Trinajstić information content (AvgIpc) is 2.76. The SMILES string of the molecule is CCc1ncc(CNc2ccc(Br)cn2)s1. The predicted molar refractivity (Wildman–Crippen MR) is 70.8 cm³/mol. The number of halogens is 1. The minimum absolute atomic E-state index is 0.784. The van der Waals surface area contributed by atoms with Crippen molar-refractivity contribution in [2.24, 2.45) is 0 Å². The van der Waals surface area contributed by atoms with Gasteiger partial charge in [-0.05, 0) is 34.5 Å². The molecule has 0 spiro atoms. The fraction of sp³-hybridized carbons (Fsp3) is 0.273. The molecule has 0 aliphatic heterocycles. The Morgan fingerprint density at radius 2 is 2.19 bits per heavy atom. The molecular formula is C11H12BrN3S. The van der Waals surface area contributed by atoms with E-state index in [0.29, 0.717) is 0 Å². The highest BCUT2D eigenvalue weighted by molar-refractivity contribution is 9.10. The van der Waals surface area contributed by atoms with Crippen LogP contribution >= 0.6 is 27.3 Å². The van der Waals surface area contributed by atoms with Crippen LogP contribution in [0.2, 0.25) is 0 Å². The third kappa shape index (κ3) is 3.02. The van der Waals surface area contributed by atoms with Gasteiger partial charge in [0.2, 0.25) is 0 Å². The summed E-state index contributed by atoms with van der Waals surface area (Å²) in [4.78, 5) is 9.80. The van der Waals surface area contributed by atoms with Crippen molar-refractivity contribution in [1.29, 1.82) is 0 Å². The first-order chi connectivity index (χ1) is 7.78. The summed E-state index contributed by atoms with van der Waals surface area (Å²) in [5.74, 6) is 0.884. The van der Waals surface area contributed by atoms with E-state index in [4.69, 9.17) is 0 Å². The molecule has 0 aliphatic rings. The first-order valence-electron chi connectivity index (χ1n) is 5.07. The molecule has 0 unspecified atom stereocenters. The molecule has 0 aromatic carbocycles. The highest BCUT2D eigenvalue weighted by Gasteiger charge is 2.00. The van der Waals surface area contributed by atoms with Gasteiger partial charge in [-0.2, -0.15) is 0 Å². The summed E-state index contributed by atoms with van der Waals surface area (Å²) in [6.07, 6.45) is 4.71. The Balaban J connectivity index is 1.94. The van der Waals surface area contributed by atoms with Crippen molar-refractivity contribution in [3.8, 4) is 0 Å². The normalized spacial score (nSPS) is 10.4. The topological polar surface area (TPSA) is 37.8 Å². The maximum Gasteiger partial charge on any atom is 0.126 e. The molecule has 3 nitrogen and oxygen atoms in total. The number of rotatable bonds is 4. The van der Waals surface area contributed by atoms with Crippen molar-refractivity contribution < 1.29 is 0 Å².